The fraction of sp³-hybridized carbons (Fsp3) is 0.0930. The molecule has 3 aromatic heterocycles. The Morgan fingerprint density at radius 3 is 1.41 bits per heavy atom. The summed E-state index contributed by atoms with van der Waals surface area (Å²) in [5.74, 6) is 0.470. The maximum absolute atomic E-state index is 10.5. The van der Waals surface area contributed by atoms with Crippen LogP contribution >= 0.6 is 0 Å². The van der Waals surface area contributed by atoms with Gasteiger partial charge < -0.3 is 13.9 Å². The predicted octanol–water partition coefficient (Wildman–Crippen LogP) is 14.6. The van der Waals surface area contributed by atoms with Crippen LogP contribution in [0.25, 0.3) is 61.2 Å². The zero-order valence-electron chi connectivity index (χ0n) is 85.8. The Labute approximate surface area is 617 Å². The largest absolute Gasteiger partial charge is 0.510 e. The van der Waals surface area contributed by atoms with Crippen LogP contribution in [0, 0.1) is 18.5 Å². The minimum Gasteiger partial charge on any atom is -0.510 e. The van der Waals surface area contributed by atoms with Crippen molar-refractivity contribution in [3.63, 3.8) is 0 Å². The van der Waals surface area contributed by atoms with Crippen LogP contribution in [-0.4, -0.2) is 30.3 Å². The molecule has 0 aliphatic carbocycles. The summed E-state index contributed by atoms with van der Waals surface area (Å²) in [5.41, 5.74) is -2.63. The smallest absolute Gasteiger partial charge is 0.268 e. The molecule has 12 aromatic carbocycles. The average molecular weight is 1460 g/mol. The van der Waals surface area contributed by atoms with E-state index in [1.807, 2.05) is 41.0 Å². The number of nitrogens with zero attached hydrogens (tertiary/aromatic N) is 4. The molecule has 0 atom stereocenters. The van der Waals surface area contributed by atoms with Gasteiger partial charge in [-0.2, -0.15) is 18.2 Å². The van der Waals surface area contributed by atoms with E-state index < -0.39 is 291 Å². The molecule has 0 unspecified atom stereocenters. The first kappa shape index (κ1) is 33.2. The molecule has 94 heavy (non-hydrogen) atoms. The second-order valence-electron chi connectivity index (χ2n) is 23.7. The van der Waals surface area contributed by atoms with E-state index in [1.165, 1.54) is 61.7 Å². The molecule has 15 rings (SSSR count). The van der Waals surface area contributed by atoms with Gasteiger partial charge in [0.15, 0.2) is 16.1 Å². The first-order chi connectivity index (χ1) is 59.9. The van der Waals surface area contributed by atoms with Gasteiger partial charge in [-0.15, -0.1) is 29.7 Å². The van der Waals surface area contributed by atoms with Gasteiger partial charge >= 0.3 is 0 Å². The van der Waals surface area contributed by atoms with Gasteiger partial charge in [-0.05, 0) is 110 Å². The van der Waals surface area contributed by atoms with Gasteiger partial charge in [0.1, 0.15) is 5.82 Å². The second kappa shape index (κ2) is 25.1. The molecule has 15 aromatic rings. The monoisotopic (exact) mass is 1460 g/mol. The summed E-state index contributed by atoms with van der Waals surface area (Å²) in [5, 5.41) is -7.40. The molecular formula is C86H70N4OPtSi2-2. The van der Waals surface area contributed by atoms with Gasteiger partial charge in [0, 0.05) is 44.3 Å². The van der Waals surface area contributed by atoms with E-state index in [4.69, 9.17) is 13.8 Å². The van der Waals surface area contributed by atoms with Crippen LogP contribution < -0.4 is 50.8 Å². The number of fused-ring (bicyclic) bond motifs is 4. The normalized spacial score (nSPS) is 17.3. The number of aromatic nitrogens is 4. The predicted molar refractivity (Wildman–Crippen MR) is 390 cm³/mol. The first-order valence-electron chi connectivity index (χ1n) is 46.7. The molecule has 460 valence electrons. The van der Waals surface area contributed by atoms with Crippen LogP contribution in [0.4, 0.5) is 0 Å². The molecule has 0 amide bonds. The molecule has 0 saturated carbocycles. The Morgan fingerprint density at radius 2 is 0.915 bits per heavy atom. The summed E-state index contributed by atoms with van der Waals surface area (Å²) in [7, 11) is -14.0. The zero-order chi connectivity index (χ0) is 93.8. The molecule has 0 aliphatic heterocycles. The van der Waals surface area contributed by atoms with E-state index in [0.29, 0.717) is 11.3 Å². The fourth-order valence-electron chi connectivity index (χ4n) is 12.0. The third-order valence-electron chi connectivity index (χ3n) is 16.3. The minimum absolute atomic E-state index is 0. The molecule has 0 radical (unpaired) electrons. The topological polar surface area (TPSA) is 35.9 Å². The van der Waals surface area contributed by atoms with Crippen molar-refractivity contribution in [2.75, 3.05) is 0 Å². The summed E-state index contributed by atoms with van der Waals surface area (Å²) < 4.78 is 355. The van der Waals surface area contributed by atoms with Crippen LogP contribution in [0.15, 0.2) is 315 Å². The Hall–Kier alpha value is -10.0. The third-order valence-corrected chi connectivity index (χ3v) is 24.7. The second-order valence-corrected chi connectivity index (χ2v) is 30.8. The van der Waals surface area contributed by atoms with Crippen LogP contribution in [0.2, 0.25) is 0 Å². The minimum atomic E-state index is -6.99. The van der Waals surface area contributed by atoms with Gasteiger partial charge in [-0.3, -0.25) is 4.57 Å². The number of rotatable bonds is 14. The molecule has 0 fully saturated rings. The van der Waals surface area contributed by atoms with E-state index in [2.05, 4.69) is 39.2 Å². The molecule has 0 aliphatic rings. The number of ether oxygens (including phenoxy) is 1. The Balaban J connectivity index is 0.0000134. The van der Waals surface area contributed by atoms with Gasteiger partial charge in [0.25, 0.3) is 6.33 Å². The van der Waals surface area contributed by atoms with Crippen molar-refractivity contribution in [2.24, 2.45) is 0 Å². The first-order valence-corrected chi connectivity index (χ1v) is 33.2. The Morgan fingerprint density at radius 1 is 0.436 bits per heavy atom. The number of pyridine rings is 1. The van der Waals surface area contributed by atoms with E-state index in [0.717, 1.165) is 38.6 Å². The van der Waals surface area contributed by atoms with Crippen LogP contribution in [0.1, 0.15) is 101 Å². The molecule has 8 heteroatoms. The molecule has 0 spiro atoms. The molecular weight excluding hydrogens is 1360 g/mol. The SMILES string of the molecule is [2H]c1c([2H])c([2H])c(-c2ccc3c(c2)n(-c2[c-]c(Oc4[c-]c5c(cc4)c4ccccc4n5-c4cc(C(C)(C)C)ccn4)ccc2)[c-][n+]3-c2c([Si](c3c([2H])c([2H])c([2H])c([2H])c3[2H])(c3c([2H])c([2H])c([2H])c([2H])c3[2H])c3c([2H])c([2H])c([2H])c([2H])c3[2H])cc(C(C)(C)C)cc2[Si](c2c([2H])c([2H])c([2H])c([2H])c2[2H])(c2c([2H])c([2H])c([2H])c([2H])c2[2H])c2c([2H])c([2H])c([2H])c([2H])c2[2H])c([2H])c1[2H].[Pt]. The summed E-state index contributed by atoms with van der Waals surface area (Å²) in [6, 6.07) is -10.6. The van der Waals surface area contributed by atoms with Crippen molar-refractivity contribution in [1.82, 2.24) is 14.1 Å². The van der Waals surface area contributed by atoms with Gasteiger partial charge in [-0.25, -0.2) is 4.98 Å². The van der Waals surface area contributed by atoms with Crippen LogP contribution in [-0.2, 0) is 31.9 Å². The molecule has 0 bridgehead atoms. The van der Waals surface area contributed by atoms with Crippen molar-refractivity contribution in [1.29, 1.82) is 0 Å². The van der Waals surface area contributed by atoms with Gasteiger partial charge in [0.2, 0.25) is 0 Å². The van der Waals surface area contributed by atoms with Crippen LogP contribution in [0.3, 0.4) is 0 Å². The maximum Gasteiger partial charge on any atom is 0.268 e. The maximum atomic E-state index is 10.5. The van der Waals surface area contributed by atoms with E-state index in [-0.39, 0.29) is 60.3 Å². The number of imidazole rings is 1. The number of hydrogen-bond donors (Lipinski definition) is 0. The molecule has 0 saturated heterocycles. The van der Waals surface area contributed by atoms with Crippen molar-refractivity contribution in [3.8, 4) is 39.8 Å². The van der Waals surface area contributed by atoms with Crippen molar-refractivity contribution >= 4 is 90.5 Å². The third kappa shape index (κ3) is 10.8. The van der Waals surface area contributed by atoms with E-state index in [9.17, 15) is 43.9 Å². The van der Waals surface area contributed by atoms with Crippen molar-refractivity contribution < 1.29 is 78.3 Å². The molecule has 3 heterocycles. The van der Waals surface area contributed by atoms with Gasteiger partial charge in [0.05, 0.1) is 64.7 Å². The number of benzene rings is 12. The van der Waals surface area contributed by atoms with Crippen LogP contribution in [0.5, 0.6) is 11.5 Å². The summed E-state index contributed by atoms with van der Waals surface area (Å²) >= 11 is 0. The van der Waals surface area contributed by atoms with Gasteiger partial charge in [-0.1, -0.05) is 301 Å². The van der Waals surface area contributed by atoms with Crippen molar-refractivity contribution in [3.05, 3.63) is 344 Å². The summed E-state index contributed by atoms with van der Waals surface area (Å²) in [4.78, 5) is 4.81. The Bertz CT molecular complexity index is 6650. The quantitative estimate of drug-likeness (QED) is 0.0471. The van der Waals surface area contributed by atoms with E-state index in [1.54, 1.807) is 18.3 Å². The summed E-state index contributed by atoms with van der Waals surface area (Å²) in [6.07, 6.45) is 4.97. The average Bonchev–Trinajstić information content (AvgIpc) is 1.41. The number of para-hydroxylation sites is 1. The van der Waals surface area contributed by atoms with E-state index >= 15 is 0 Å². The molecule has 0 N–H and O–H groups in total. The Kier molecular flexibility index (Phi) is 8.87. The molecule has 5 nitrogen and oxygen atoms in total. The number of hydrogen-bond acceptors (Lipinski definition) is 2. The van der Waals surface area contributed by atoms with Crippen molar-refractivity contribution in [2.45, 2.75) is 52.4 Å². The fourth-order valence-corrected chi connectivity index (χ4v) is 20.2. The summed E-state index contributed by atoms with van der Waals surface area (Å²) in [6.45, 7) is 10.7. The standard InChI is InChI=1S/C86H70N4OSi2.Pt/c1-85(2,3)64-53-54-87-83(58-64)90-77-48-29-28-47-75(77)76-51-50-68(60-79(76)90)91-67-34-30-33-66(59-67)88-61-89(78-52-49-63(55-80(78)88)62-31-14-7-15-32-62)84-81(92(69-35-16-8-17-36-69,70-37-18-9-19-38-70)71-39-20-10-21-40-71)56-65(86(4,5)6)57-82(84)93(72-41-22-11-23-42-72,73-43-24-12-25-44-73)74-45-26-13-27-46-74;/h7-58H,1-6H3;/q-2;/i7D,8D,9D,10D,11D,12D,13D,14D,15D,16D,17D,18D,19D,20D,21D,22D,23D,24D,25D,26D,27D,31D,32D,35D,36D,37D,38D,39D,40D,41D,42D,43D,44D,45D,46D;. The zero-order valence-corrected chi connectivity index (χ0v) is 55.1.